The van der Waals surface area contributed by atoms with E-state index < -0.39 is 0 Å². The van der Waals surface area contributed by atoms with Gasteiger partial charge in [0.05, 0.1) is 22.2 Å². The SMILES string of the molecule is C1=CC(c2ccccc2)Cc2c1n(-c1ccc3oc4c(-n5c6ccccc6c6ccccc65)cccc4c3c1)c1ccccc21. The van der Waals surface area contributed by atoms with E-state index in [9.17, 15) is 0 Å². The molecule has 3 aromatic heterocycles. The second-order valence-corrected chi connectivity index (χ2v) is 12.1. The van der Waals surface area contributed by atoms with Gasteiger partial charge >= 0.3 is 0 Å². The van der Waals surface area contributed by atoms with Crippen LogP contribution in [0.4, 0.5) is 0 Å². The number of aromatic nitrogens is 2. The predicted octanol–water partition coefficient (Wildman–Crippen LogP) is 11.0. The third-order valence-corrected chi connectivity index (χ3v) is 9.70. The van der Waals surface area contributed by atoms with Crippen LogP contribution in [0.15, 0.2) is 150 Å². The van der Waals surface area contributed by atoms with Crippen molar-refractivity contribution in [2.75, 3.05) is 0 Å². The van der Waals surface area contributed by atoms with Gasteiger partial charge in [-0.05, 0) is 66.1 Å². The Morgan fingerprint density at radius 2 is 1.18 bits per heavy atom. The molecule has 0 aliphatic heterocycles. The minimum absolute atomic E-state index is 0.373. The number of hydrogen-bond acceptors (Lipinski definition) is 1. The summed E-state index contributed by atoms with van der Waals surface area (Å²) in [5.41, 5.74) is 11.6. The first-order valence-corrected chi connectivity index (χ1v) is 15.6. The van der Waals surface area contributed by atoms with E-state index >= 15 is 0 Å². The van der Waals surface area contributed by atoms with Gasteiger partial charge in [-0.3, -0.25) is 0 Å². The van der Waals surface area contributed by atoms with E-state index in [0.29, 0.717) is 5.92 Å². The summed E-state index contributed by atoms with van der Waals surface area (Å²) >= 11 is 0. The third-order valence-electron chi connectivity index (χ3n) is 9.70. The number of para-hydroxylation sites is 4. The van der Waals surface area contributed by atoms with Gasteiger partial charge in [-0.25, -0.2) is 0 Å². The first-order chi connectivity index (χ1) is 22.3. The number of benzene rings is 6. The van der Waals surface area contributed by atoms with Crippen molar-refractivity contribution in [2.45, 2.75) is 12.3 Å². The molecule has 0 radical (unpaired) electrons. The van der Waals surface area contributed by atoms with E-state index in [0.717, 1.165) is 39.7 Å². The standard InChI is InChI=1S/C42H28N2O/c1-2-11-27(12-3-1)28-21-23-39-34(25-28)32-15-6-7-17-36(32)43(39)29-22-24-41-35(26-29)33-16-10-20-40(42(33)45-41)44-37-18-8-4-13-30(37)31-14-5-9-19-38(31)44/h1-24,26,28H,25H2. The van der Waals surface area contributed by atoms with E-state index in [-0.39, 0.29) is 0 Å². The molecule has 1 atom stereocenters. The minimum atomic E-state index is 0.373. The zero-order chi connectivity index (χ0) is 29.5. The van der Waals surface area contributed by atoms with Crippen LogP contribution in [-0.2, 0) is 6.42 Å². The summed E-state index contributed by atoms with van der Waals surface area (Å²) in [6.45, 7) is 0. The molecule has 3 heterocycles. The quantitative estimate of drug-likeness (QED) is 0.205. The first kappa shape index (κ1) is 24.6. The van der Waals surface area contributed by atoms with Crippen molar-refractivity contribution in [3.05, 3.63) is 162 Å². The molecular formula is C42H28N2O. The van der Waals surface area contributed by atoms with Gasteiger partial charge < -0.3 is 13.6 Å². The molecule has 0 fully saturated rings. The van der Waals surface area contributed by atoms with E-state index in [1.165, 1.54) is 49.5 Å². The highest BCUT2D eigenvalue weighted by molar-refractivity contribution is 6.13. The summed E-state index contributed by atoms with van der Waals surface area (Å²) in [4.78, 5) is 0. The Balaban J connectivity index is 1.18. The molecule has 1 aliphatic rings. The van der Waals surface area contributed by atoms with Gasteiger partial charge in [0.15, 0.2) is 5.58 Å². The maximum absolute atomic E-state index is 6.70. The molecule has 0 N–H and O–H groups in total. The van der Waals surface area contributed by atoms with Gasteiger partial charge in [-0.15, -0.1) is 0 Å². The Morgan fingerprint density at radius 3 is 1.93 bits per heavy atom. The summed E-state index contributed by atoms with van der Waals surface area (Å²) in [6, 6.07) is 50.1. The molecule has 1 aliphatic carbocycles. The van der Waals surface area contributed by atoms with Gasteiger partial charge in [0, 0.05) is 44.2 Å². The van der Waals surface area contributed by atoms with Crippen molar-refractivity contribution in [1.82, 2.24) is 9.13 Å². The molecule has 6 aromatic carbocycles. The van der Waals surface area contributed by atoms with E-state index in [1.54, 1.807) is 0 Å². The lowest BCUT2D eigenvalue weighted by Crippen LogP contribution is -2.07. The first-order valence-electron chi connectivity index (χ1n) is 15.6. The molecule has 0 spiro atoms. The summed E-state index contributed by atoms with van der Waals surface area (Å²) in [6.07, 6.45) is 5.69. The summed E-state index contributed by atoms with van der Waals surface area (Å²) < 4.78 is 11.5. The van der Waals surface area contributed by atoms with Gasteiger partial charge in [0.25, 0.3) is 0 Å². The molecule has 0 bridgehead atoms. The number of fused-ring (bicyclic) bond motifs is 9. The predicted molar refractivity (Wildman–Crippen MR) is 187 cm³/mol. The molecule has 3 heteroatoms. The highest BCUT2D eigenvalue weighted by Gasteiger charge is 2.24. The maximum atomic E-state index is 6.70. The fourth-order valence-electron chi connectivity index (χ4n) is 7.69. The highest BCUT2D eigenvalue weighted by Crippen LogP contribution is 2.41. The molecule has 0 saturated carbocycles. The summed E-state index contributed by atoms with van der Waals surface area (Å²) in [5, 5.41) is 6.06. The van der Waals surface area contributed by atoms with Crippen LogP contribution < -0.4 is 0 Å². The van der Waals surface area contributed by atoms with Crippen LogP contribution in [0.2, 0.25) is 0 Å². The van der Waals surface area contributed by atoms with Crippen LogP contribution in [0.3, 0.4) is 0 Å². The summed E-state index contributed by atoms with van der Waals surface area (Å²) in [5.74, 6) is 0.373. The van der Waals surface area contributed by atoms with Gasteiger partial charge in [0.2, 0.25) is 0 Å². The number of hydrogen-bond donors (Lipinski definition) is 0. The maximum Gasteiger partial charge on any atom is 0.159 e. The van der Waals surface area contributed by atoms with Crippen LogP contribution in [0.5, 0.6) is 0 Å². The number of furan rings is 1. The number of allylic oxidation sites excluding steroid dienone is 1. The van der Waals surface area contributed by atoms with E-state index in [2.05, 4.69) is 161 Å². The van der Waals surface area contributed by atoms with Gasteiger partial charge in [0.1, 0.15) is 5.58 Å². The van der Waals surface area contributed by atoms with Gasteiger partial charge in [-0.2, -0.15) is 0 Å². The van der Waals surface area contributed by atoms with Crippen LogP contribution in [0.1, 0.15) is 22.7 Å². The Bertz CT molecular complexity index is 2580. The molecule has 212 valence electrons. The molecular weight excluding hydrogens is 548 g/mol. The normalized spacial score (nSPS) is 14.7. The summed E-state index contributed by atoms with van der Waals surface area (Å²) in [7, 11) is 0. The second-order valence-electron chi connectivity index (χ2n) is 12.1. The van der Waals surface area contributed by atoms with Crippen molar-refractivity contribution in [1.29, 1.82) is 0 Å². The fraction of sp³-hybridized carbons (Fsp3) is 0.0476. The molecule has 3 nitrogen and oxygen atoms in total. The molecule has 1 unspecified atom stereocenters. The van der Waals surface area contributed by atoms with E-state index in [1.807, 2.05) is 0 Å². The van der Waals surface area contributed by atoms with Crippen molar-refractivity contribution in [3.63, 3.8) is 0 Å². The Kier molecular flexibility index (Phi) is 5.11. The van der Waals surface area contributed by atoms with Crippen LogP contribution in [-0.4, -0.2) is 9.13 Å². The smallest absolute Gasteiger partial charge is 0.159 e. The molecule has 0 amide bonds. The largest absolute Gasteiger partial charge is 0.454 e. The Labute approximate surface area is 259 Å². The number of nitrogens with zero attached hydrogens (tertiary/aromatic N) is 2. The number of rotatable bonds is 3. The minimum Gasteiger partial charge on any atom is -0.454 e. The second kappa shape index (κ2) is 9.35. The van der Waals surface area contributed by atoms with Crippen molar-refractivity contribution < 1.29 is 4.42 Å². The lowest BCUT2D eigenvalue weighted by Gasteiger charge is -2.19. The van der Waals surface area contributed by atoms with Gasteiger partial charge in [-0.1, -0.05) is 103 Å². The zero-order valence-corrected chi connectivity index (χ0v) is 24.5. The molecule has 9 aromatic rings. The zero-order valence-electron chi connectivity index (χ0n) is 24.5. The lowest BCUT2D eigenvalue weighted by atomic mass is 9.87. The average molecular weight is 577 g/mol. The molecule has 45 heavy (non-hydrogen) atoms. The fourth-order valence-corrected chi connectivity index (χ4v) is 7.69. The van der Waals surface area contributed by atoms with Crippen LogP contribution >= 0.6 is 0 Å². The van der Waals surface area contributed by atoms with E-state index in [4.69, 9.17) is 4.42 Å². The Hall–Kier alpha value is -5.80. The van der Waals surface area contributed by atoms with Crippen molar-refractivity contribution in [3.8, 4) is 11.4 Å². The van der Waals surface area contributed by atoms with Crippen LogP contribution in [0.25, 0.3) is 72.1 Å². The molecule has 0 saturated heterocycles. The topological polar surface area (TPSA) is 23.0 Å². The average Bonchev–Trinajstić information content (AvgIpc) is 3.76. The van der Waals surface area contributed by atoms with Crippen LogP contribution in [0, 0.1) is 0 Å². The van der Waals surface area contributed by atoms with Crippen molar-refractivity contribution in [2.24, 2.45) is 0 Å². The monoisotopic (exact) mass is 576 g/mol. The Morgan fingerprint density at radius 1 is 0.533 bits per heavy atom. The third kappa shape index (κ3) is 3.52. The molecule has 10 rings (SSSR count). The highest BCUT2D eigenvalue weighted by atomic mass is 16.3. The lowest BCUT2D eigenvalue weighted by molar-refractivity contribution is 0.666. The van der Waals surface area contributed by atoms with Crippen molar-refractivity contribution >= 4 is 60.7 Å².